The first-order valence-electron chi connectivity index (χ1n) is 8.63. The van der Waals surface area contributed by atoms with Crippen LogP contribution >= 0.6 is 0 Å². The molecule has 0 fully saturated rings. The maximum atomic E-state index is 12.3. The molecule has 0 unspecified atom stereocenters. The molecule has 3 rings (SSSR count). The fraction of sp³-hybridized carbons (Fsp3) is 0.350. The van der Waals surface area contributed by atoms with E-state index in [1.54, 1.807) is 6.20 Å². The Kier molecular flexibility index (Phi) is 5.12. The minimum atomic E-state index is 0.0263. The van der Waals surface area contributed by atoms with Crippen LogP contribution in [0.5, 0.6) is 0 Å². The number of amides is 1. The van der Waals surface area contributed by atoms with Crippen molar-refractivity contribution in [1.82, 2.24) is 20.1 Å². The number of benzene rings is 1. The van der Waals surface area contributed by atoms with Crippen molar-refractivity contribution in [3.05, 3.63) is 59.5 Å². The van der Waals surface area contributed by atoms with Gasteiger partial charge in [-0.05, 0) is 37.5 Å². The first-order chi connectivity index (χ1) is 12.0. The molecule has 130 valence electrons. The maximum Gasteiger partial charge on any atom is 0.224 e. The standard InChI is InChI=1S/C20H24N4O/c1-14(13-24-16(3)10-15(2)23-24)12-22-19(25)11-18-7-4-6-17-8-5-9-21-20(17)18/h4-10,14H,11-13H2,1-3H3,(H,22,25)/t14-/m1/s1. The number of pyridine rings is 1. The van der Waals surface area contributed by atoms with Crippen molar-refractivity contribution in [1.29, 1.82) is 0 Å². The van der Waals surface area contributed by atoms with Crippen LogP contribution in [0, 0.1) is 19.8 Å². The minimum absolute atomic E-state index is 0.0263. The molecule has 5 heteroatoms. The largest absolute Gasteiger partial charge is 0.355 e. The second-order valence-corrected chi connectivity index (χ2v) is 6.69. The third kappa shape index (κ3) is 4.24. The van der Waals surface area contributed by atoms with Gasteiger partial charge in [-0.15, -0.1) is 0 Å². The Balaban J connectivity index is 1.56. The monoisotopic (exact) mass is 336 g/mol. The molecule has 0 aliphatic carbocycles. The lowest BCUT2D eigenvalue weighted by atomic mass is 10.1. The molecule has 5 nitrogen and oxygen atoms in total. The Bertz CT molecular complexity index is 879. The third-order valence-electron chi connectivity index (χ3n) is 4.30. The molecule has 0 bridgehead atoms. The highest BCUT2D eigenvalue weighted by molar-refractivity contribution is 5.87. The first kappa shape index (κ1) is 17.1. The van der Waals surface area contributed by atoms with E-state index in [1.807, 2.05) is 41.9 Å². The van der Waals surface area contributed by atoms with E-state index < -0.39 is 0 Å². The summed E-state index contributed by atoms with van der Waals surface area (Å²) >= 11 is 0. The van der Waals surface area contributed by atoms with Gasteiger partial charge in [0.25, 0.3) is 0 Å². The number of aryl methyl sites for hydroxylation is 2. The van der Waals surface area contributed by atoms with Gasteiger partial charge in [-0.1, -0.05) is 31.2 Å². The Morgan fingerprint density at radius 3 is 2.80 bits per heavy atom. The molecule has 25 heavy (non-hydrogen) atoms. The number of nitrogens with one attached hydrogen (secondary N) is 1. The summed E-state index contributed by atoms with van der Waals surface area (Å²) in [5.74, 6) is 0.339. The van der Waals surface area contributed by atoms with Gasteiger partial charge >= 0.3 is 0 Å². The zero-order chi connectivity index (χ0) is 17.8. The quantitative estimate of drug-likeness (QED) is 0.753. The van der Waals surface area contributed by atoms with Crippen LogP contribution < -0.4 is 5.32 Å². The second-order valence-electron chi connectivity index (χ2n) is 6.69. The number of carbonyl (C=O) groups excluding carboxylic acids is 1. The Morgan fingerprint density at radius 2 is 2.04 bits per heavy atom. The van der Waals surface area contributed by atoms with Crippen LogP contribution in [-0.2, 0) is 17.8 Å². The van der Waals surface area contributed by atoms with Gasteiger partial charge in [0.15, 0.2) is 0 Å². The van der Waals surface area contributed by atoms with Crippen LogP contribution in [0.25, 0.3) is 10.9 Å². The average Bonchev–Trinajstić information content (AvgIpc) is 2.90. The van der Waals surface area contributed by atoms with E-state index in [-0.39, 0.29) is 5.91 Å². The summed E-state index contributed by atoms with van der Waals surface area (Å²) in [7, 11) is 0. The predicted molar refractivity (Wildman–Crippen MR) is 99.3 cm³/mol. The van der Waals surface area contributed by atoms with Gasteiger partial charge in [-0.2, -0.15) is 5.10 Å². The van der Waals surface area contributed by atoms with Gasteiger partial charge in [0.1, 0.15) is 0 Å². The molecule has 1 atom stereocenters. The number of para-hydroxylation sites is 1. The molecule has 1 N–H and O–H groups in total. The molecule has 0 saturated heterocycles. The minimum Gasteiger partial charge on any atom is -0.355 e. The molecule has 2 aromatic heterocycles. The van der Waals surface area contributed by atoms with Gasteiger partial charge < -0.3 is 5.32 Å². The molecule has 0 aliphatic rings. The molecule has 1 aromatic carbocycles. The van der Waals surface area contributed by atoms with E-state index in [0.29, 0.717) is 18.9 Å². The second kappa shape index (κ2) is 7.47. The zero-order valence-electron chi connectivity index (χ0n) is 15.0. The van der Waals surface area contributed by atoms with Gasteiger partial charge in [-0.3, -0.25) is 14.5 Å². The third-order valence-corrected chi connectivity index (χ3v) is 4.30. The van der Waals surface area contributed by atoms with Crippen molar-refractivity contribution < 1.29 is 4.79 Å². The fourth-order valence-electron chi connectivity index (χ4n) is 3.05. The van der Waals surface area contributed by atoms with Crippen molar-refractivity contribution in [2.45, 2.75) is 33.7 Å². The summed E-state index contributed by atoms with van der Waals surface area (Å²) in [5, 5.41) is 8.57. The average molecular weight is 336 g/mol. The number of fused-ring (bicyclic) bond motifs is 1. The van der Waals surface area contributed by atoms with Gasteiger partial charge in [0, 0.05) is 30.4 Å². The molecular weight excluding hydrogens is 312 g/mol. The van der Waals surface area contributed by atoms with E-state index in [2.05, 4.69) is 35.3 Å². The van der Waals surface area contributed by atoms with Crippen LogP contribution in [0.2, 0.25) is 0 Å². The predicted octanol–water partition coefficient (Wildman–Crippen LogP) is 3.04. The number of carbonyl (C=O) groups is 1. The van der Waals surface area contributed by atoms with E-state index in [0.717, 1.165) is 34.4 Å². The molecule has 2 heterocycles. The van der Waals surface area contributed by atoms with E-state index >= 15 is 0 Å². The van der Waals surface area contributed by atoms with Crippen LogP contribution in [0.15, 0.2) is 42.6 Å². The molecule has 1 amide bonds. The van der Waals surface area contributed by atoms with Crippen LogP contribution in [-0.4, -0.2) is 27.2 Å². The molecular formula is C20H24N4O. The number of nitrogens with zero attached hydrogens (tertiary/aromatic N) is 3. The van der Waals surface area contributed by atoms with Crippen molar-refractivity contribution in [3.63, 3.8) is 0 Å². The number of aromatic nitrogens is 3. The fourth-order valence-corrected chi connectivity index (χ4v) is 3.05. The summed E-state index contributed by atoms with van der Waals surface area (Å²) in [6.45, 7) is 7.61. The smallest absolute Gasteiger partial charge is 0.224 e. The number of hydrogen-bond acceptors (Lipinski definition) is 3. The van der Waals surface area contributed by atoms with Crippen molar-refractivity contribution in [2.75, 3.05) is 6.54 Å². The van der Waals surface area contributed by atoms with E-state index in [4.69, 9.17) is 0 Å². The lowest BCUT2D eigenvalue weighted by Crippen LogP contribution is -2.31. The molecule has 0 saturated carbocycles. The SMILES string of the molecule is Cc1cc(C)n(C[C@H](C)CNC(=O)Cc2cccc3cccnc23)n1. The van der Waals surface area contributed by atoms with Crippen molar-refractivity contribution in [2.24, 2.45) is 5.92 Å². The van der Waals surface area contributed by atoms with Crippen LogP contribution in [0.1, 0.15) is 23.9 Å². The molecule has 0 spiro atoms. The number of rotatable bonds is 6. The first-order valence-corrected chi connectivity index (χ1v) is 8.63. The highest BCUT2D eigenvalue weighted by Gasteiger charge is 2.11. The number of hydrogen-bond donors (Lipinski definition) is 1. The van der Waals surface area contributed by atoms with Crippen molar-refractivity contribution in [3.8, 4) is 0 Å². The van der Waals surface area contributed by atoms with E-state index in [1.165, 1.54) is 0 Å². The molecule has 0 aliphatic heterocycles. The highest BCUT2D eigenvalue weighted by atomic mass is 16.1. The summed E-state index contributed by atoms with van der Waals surface area (Å²) in [6, 6.07) is 11.9. The normalized spacial score (nSPS) is 12.3. The maximum absolute atomic E-state index is 12.3. The van der Waals surface area contributed by atoms with Crippen LogP contribution in [0.4, 0.5) is 0 Å². The Morgan fingerprint density at radius 1 is 1.24 bits per heavy atom. The zero-order valence-corrected chi connectivity index (χ0v) is 15.0. The van der Waals surface area contributed by atoms with Crippen LogP contribution in [0.3, 0.4) is 0 Å². The topological polar surface area (TPSA) is 59.8 Å². The van der Waals surface area contributed by atoms with Crippen molar-refractivity contribution >= 4 is 16.8 Å². The summed E-state index contributed by atoms with van der Waals surface area (Å²) in [6.07, 6.45) is 2.11. The summed E-state index contributed by atoms with van der Waals surface area (Å²) in [5.41, 5.74) is 4.03. The molecule has 3 aromatic rings. The summed E-state index contributed by atoms with van der Waals surface area (Å²) < 4.78 is 2.00. The van der Waals surface area contributed by atoms with Gasteiger partial charge in [0.2, 0.25) is 5.91 Å². The Labute approximate surface area is 148 Å². The van der Waals surface area contributed by atoms with E-state index in [9.17, 15) is 4.79 Å². The van der Waals surface area contributed by atoms with Gasteiger partial charge in [0.05, 0.1) is 17.6 Å². The lowest BCUT2D eigenvalue weighted by molar-refractivity contribution is -0.120. The highest BCUT2D eigenvalue weighted by Crippen LogP contribution is 2.16. The summed E-state index contributed by atoms with van der Waals surface area (Å²) in [4.78, 5) is 16.7. The lowest BCUT2D eigenvalue weighted by Gasteiger charge is -2.14. The Hall–Kier alpha value is -2.69. The molecule has 0 radical (unpaired) electrons. The van der Waals surface area contributed by atoms with Gasteiger partial charge in [-0.25, -0.2) is 0 Å².